The molecule has 0 bridgehead atoms. The van der Waals surface area contributed by atoms with E-state index in [0.717, 1.165) is 37.8 Å². The molecule has 1 amide bonds. The summed E-state index contributed by atoms with van der Waals surface area (Å²) >= 11 is 0. The Balaban J connectivity index is 1.53. The molecule has 16 heavy (non-hydrogen) atoms. The van der Waals surface area contributed by atoms with Crippen LogP contribution in [0.4, 0.5) is 0 Å². The molecule has 90 valence electrons. The second kappa shape index (κ2) is 4.36. The van der Waals surface area contributed by atoms with Crippen LogP contribution in [0.15, 0.2) is 0 Å². The largest absolute Gasteiger partial charge is 0.353 e. The molecule has 3 aliphatic rings. The van der Waals surface area contributed by atoms with Gasteiger partial charge in [-0.2, -0.15) is 0 Å². The van der Waals surface area contributed by atoms with E-state index in [-0.39, 0.29) is 5.92 Å². The summed E-state index contributed by atoms with van der Waals surface area (Å²) < 4.78 is 0. The summed E-state index contributed by atoms with van der Waals surface area (Å²) in [6.45, 7) is 1.96. The Morgan fingerprint density at radius 1 is 1.12 bits per heavy atom. The molecule has 3 nitrogen and oxygen atoms in total. The second-order valence-corrected chi connectivity index (χ2v) is 5.75. The average Bonchev–Trinajstić information content (AvgIpc) is 3.19. The molecule has 3 rings (SSSR count). The van der Waals surface area contributed by atoms with Crippen LogP contribution in [0.3, 0.4) is 0 Å². The number of hydrogen-bond donors (Lipinski definition) is 2. The number of rotatable bonds is 4. The standard InChI is InChI=1S/C13H22N2O/c16-13(11-2-1-7-14-8-11)15-12(9-3-4-9)10-5-6-10/h9-12,14H,1-8H2,(H,15,16)/t11-/m0/s1. The second-order valence-electron chi connectivity index (χ2n) is 5.75. The number of carbonyl (C=O) groups excluding carboxylic acids is 1. The number of amides is 1. The zero-order chi connectivity index (χ0) is 11.0. The van der Waals surface area contributed by atoms with Crippen LogP contribution in [-0.4, -0.2) is 25.0 Å². The molecule has 2 N–H and O–H groups in total. The van der Waals surface area contributed by atoms with Crippen molar-refractivity contribution < 1.29 is 4.79 Å². The van der Waals surface area contributed by atoms with Gasteiger partial charge in [0.1, 0.15) is 0 Å². The Labute approximate surface area is 97.4 Å². The van der Waals surface area contributed by atoms with Gasteiger partial charge in [-0.25, -0.2) is 0 Å². The molecule has 2 saturated carbocycles. The highest BCUT2D eigenvalue weighted by Gasteiger charge is 2.42. The molecular weight excluding hydrogens is 200 g/mol. The lowest BCUT2D eigenvalue weighted by Crippen LogP contribution is -2.46. The van der Waals surface area contributed by atoms with E-state index in [1.54, 1.807) is 0 Å². The molecule has 1 atom stereocenters. The highest BCUT2D eigenvalue weighted by atomic mass is 16.2. The lowest BCUT2D eigenvalue weighted by Gasteiger charge is -2.25. The van der Waals surface area contributed by atoms with Crippen LogP contribution in [0, 0.1) is 17.8 Å². The Bertz CT molecular complexity index is 253. The van der Waals surface area contributed by atoms with Crippen LogP contribution >= 0.6 is 0 Å². The molecule has 0 radical (unpaired) electrons. The first kappa shape index (κ1) is 10.6. The van der Waals surface area contributed by atoms with Gasteiger partial charge >= 0.3 is 0 Å². The summed E-state index contributed by atoms with van der Waals surface area (Å²) in [6, 6.07) is 0.523. The van der Waals surface area contributed by atoms with Gasteiger partial charge in [-0.1, -0.05) is 0 Å². The Hall–Kier alpha value is -0.570. The monoisotopic (exact) mass is 222 g/mol. The third-order valence-corrected chi connectivity index (χ3v) is 4.24. The maximum Gasteiger partial charge on any atom is 0.224 e. The summed E-state index contributed by atoms with van der Waals surface area (Å²) in [6.07, 6.45) is 7.57. The van der Waals surface area contributed by atoms with Crippen molar-refractivity contribution in [2.75, 3.05) is 13.1 Å². The van der Waals surface area contributed by atoms with Gasteiger partial charge in [-0.05, 0) is 56.9 Å². The Morgan fingerprint density at radius 3 is 2.31 bits per heavy atom. The third-order valence-electron chi connectivity index (χ3n) is 4.24. The number of nitrogens with one attached hydrogen (secondary N) is 2. The van der Waals surface area contributed by atoms with Gasteiger partial charge in [0.15, 0.2) is 0 Å². The van der Waals surface area contributed by atoms with Crippen molar-refractivity contribution in [2.24, 2.45) is 17.8 Å². The van der Waals surface area contributed by atoms with Crippen molar-refractivity contribution in [3.05, 3.63) is 0 Å². The number of piperidine rings is 1. The first-order valence-corrected chi connectivity index (χ1v) is 6.85. The fourth-order valence-electron chi connectivity index (χ4n) is 2.89. The minimum absolute atomic E-state index is 0.230. The number of hydrogen-bond acceptors (Lipinski definition) is 2. The predicted octanol–water partition coefficient (Wildman–Crippen LogP) is 1.29. The summed E-state index contributed by atoms with van der Waals surface area (Å²) in [5.41, 5.74) is 0. The van der Waals surface area contributed by atoms with Crippen molar-refractivity contribution in [3.8, 4) is 0 Å². The minimum Gasteiger partial charge on any atom is -0.353 e. The molecule has 3 fully saturated rings. The predicted molar refractivity (Wildman–Crippen MR) is 63.0 cm³/mol. The molecule has 0 aromatic carbocycles. The smallest absolute Gasteiger partial charge is 0.224 e. The quantitative estimate of drug-likeness (QED) is 0.752. The third kappa shape index (κ3) is 2.40. The van der Waals surface area contributed by atoms with Crippen LogP contribution in [0.5, 0.6) is 0 Å². The van der Waals surface area contributed by atoms with E-state index < -0.39 is 0 Å². The topological polar surface area (TPSA) is 41.1 Å². The summed E-state index contributed by atoms with van der Waals surface area (Å²) in [7, 11) is 0. The van der Waals surface area contributed by atoms with E-state index in [2.05, 4.69) is 10.6 Å². The van der Waals surface area contributed by atoms with E-state index in [4.69, 9.17) is 0 Å². The zero-order valence-corrected chi connectivity index (χ0v) is 9.87. The highest BCUT2D eigenvalue weighted by Crippen LogP contribution is 2.44. The van der Waals surface area contributed by atoms with Gasteiger partial charge in [0, 0.05) is 12.6 Å². The maximum atomic E-state index is 12.1. The summed E-state index contributed by atoms with van der Waals surface area (Å²) in [5, 5.41) is 6.65. The lowest BCUT2D eigenvalue weighted by molar-refractivity contribution is -0.126. The normalized spacial score (nSPS) is 30.4. The fraction of sp³-hybridized carbons (Fsp3) is 0.923. The lowest BCUT2D eigenvalue weighted by atomic mass is 9.97. The van der Waals surface area contributed by atoms with Crippen molar-refractivity contribution in [1.29, 1.82) is 0 Å². The Kier molecular flexibility index (Phi) is 2.88. The van der Waals surface area contributed by atoms with Crippen molar-refractivity contribution in [3.63, 3.8) is 0 Å². The first-order valence-electron chi connectivity index (χ1n) is 6.85. The van der Waals surface area contributed by atoms with Gasteiger partial charge in [0.25, 0.3) is 0 Å². The van der Waals surface area contributed by atoms with Crippen molar-refractivity contribution in [2.45, 2.75) is 44.6 Å². The zero-order valence-electron chi connectivity index (χ0n) is 9.87. The summed E-state index contributed by atoms with van der Waals surface area (Å²) in [4.78, 5) is 12.1. The van der Waals surface area contributed by atoms with E-state index in [9.17, 15) is 4.79 Å². The van der Waals surface area contributed by atoms with Crippen molar-refractivity contribution in [1.82, 2.24) is 10.6 Å². The van der Waals surface area contributed by atoms with Gasteiger partial charge in [0.2, 0.25) is 5.91 Å². The molecule has 0 aromatic rings. The van der Waals surface area contributed by atoms with E-state index in [0.29, 0.717) is 11.9 Å². The highest BCUT2D eigenvalue weighted by molar-refractivity contribution is 5.79. The van der Waals surface area contributed by atoms with Crippen LogP contribution in [0.25, 0.3) is 0 Å². The van der Waals surface area contributed by atoms with Crippen LogP contribution in [0.1, 0.15) is 38.5 Å². The van der Waals surface area contributed by atoms with Gasteiger partial charge in [0.05, 0.1) is 5.92 Å². The molecular formula is C13H22N2O. The Morgan fingerprint density at radius 2 is 1.81 bits per heavy atom. The van der Waals surface area contributed by atoms with E-state index >= 15 is 0 Å². The van der Waals surface area contributed by atoms with Gasteiger partial charge in [-0.15, -0.1) is 0 Å². The molecule has 0 spiro atoms. The van der Waals surface area contributed by atoms with Crippen LogP contribution < -0.4 is 10.6 Å². The molecule has 1 saturated heterocycles. The molecule has 1 heterocycles. The van der Waals surface area contributed by atoms with E-state index in [1.807, 2.05) is 0 Å². The fourth-order valence-corrected chi connectivity index (χ4v) is 2.89. The molecule has 0 unspecified atom stereocenters. The van der Waals surface area contributed by atoms with Crippen LogP contribution in [-0.2, 0) is 4.79 Å². The van der Waals surface area contributed by atoms with Crippen molar-refractivity contribution >= 4 is 5.91 Å². The molecule has 1 aliphatic heterocycles. The molecule has 3 heteroatoms. The maximum absolute atomic E-state index is 12.1. The van der Waals surface area contributed by atoms with Crippen LogP contribution in [0.2, 0.25) is 0 Å². The van der Waals surface area contributed by atoms with Gasteiger partial charge in [-0.3, -0.25) is 4.79 Å². The van der Waals surface area contributed by atoms with E-state index in [1.165, 1.54) is 25.7 Å². The molecule has 2 aliphatic carbocycles. The summed E-state index contributed by atoms with van der Waals surface area (Å²) in [5.74, 6) is 2.17. The SMILES string of the molecule is O=C(NC(C1CC1)C1CC1)[C@H]1CCCNC1. The minimum atomic E-state index is 0.230. The molecule has 0 aromatic heterocycles. The van der Waals surface area contributed by atoms with Gasteiger partial charge < -0.3 is 10.6 Å². The number of carbonyl (C=O) groups is 1. The first-order chi connectivity index (χ1) is 7.84. The average molecular weight is 222 g/mol.